The molecular weight excluding hydrogens is 635 g/mol. The first-order valence-electron chi connectivity index (χ1n) is 16.4. The molecule has 0 aliphatic heterocycles. The molecule has 3 N–H and O–H groups in total. The number of aromatic nitrogens is 2. The van der Waals surface area contributed by atoms with Crippen LogP contribution in [0.2, 0.25) is 0 Å². The van der Waals surface area contributed by atoms with Gasteiger partial charge in [-0.15, -0.1) is 0 Å². The maximum Gasteiger partial charge on any atom is 0.435 e. The van der Waals surface area contributed by atoms with Crippen molar-refractivity contribution < 1.29 is 32.2 Å². The summed E-state index contributed by atoms with van der Waals surface area (Å²) in [4.78, 5) is 25.8. The van der Waals surface area contributed by atoms with Crippen LogP contribution in [0.1, 0.15) is 85.9 Å². The van der Waals surface area contributed by atoms with Gasteiger partial charge in [0.05, 0.1) is 18.3 Å². The van der Waals surface area contributed by atoms with Crippen molar-refractivity contribution in [3.63, 3.8) is 0 Å². The molecule has 0 bridgehead atoms. The number of carbonyl (C=O) groups is 2. The monoisotopic (exact) mass is 677 g/mol. The van der Waals surface area contributed by atoms with Crippen LogP contribution < -0.4 is 20.7 Å². The molecule has 1 atom stereocenters. The number of alkyl carbamates (subject to hydrolysis) is 1. The highest BCUT2D eigenvalue weighted by Gasteiger charge is 2.36. The molecule has 1 heterocycles. The van der Waals surface area contributed by atoms with E-state index in [1.807, 2.05) is 43.3 Å². The van der Waals surface area contributed by atoms with Crippen molar-refractivity contribution in [2.75, 3.05) is 18.5 Å². The zero-order valence-corrected chi connectivity index (χ0v) is 28.1. The molecule has 9 nitrogen and oxygen atoms in total. The molecule has 260 valence electrons. The van der Waals surface area contributed by atoms with Gasteiger partial charge in [-0.05, 0) is 106 Å². The van der Waals surface area contributed by atoms with Gasteiger partial charge in [-0.1, -0.05) is 43.3 Å². The Labute approximate surface area is 284 Å². The maximum absolute atomic E-state index is 13.9. The Morgan fingerprint density at radius 3 is 2.37 bits per heavy atom. The summed E-state index contributed by atoms with van der Waals surface area (Å²) in [6.07, 6.45) is -2.16. The van der Waals surface area contributed by atoms with Crippen LogP contribution in [0.25, 0.3) is 5.69 Å². The Hall–Kier alpha value is -4.84. The highest BCUT2D eigenvalue weighted by molar-refractivity contribution is 6.03. The first-order valence-corrected chi connectivity index (χ1v) is 16.4. The van der Waals surface area contributed by atoms with Gasteiger partial charge in [0.15, 0.2) is 5.69 Å². The topological polar surface area (TPSA) is 107 Å². The molecule has 2 amide bonds. The largest absolute Gasteiger partial charge is 0.494 e. The standard InChI is InChI=1S/C37H42F3N5O4/c1-5-18-48-30-16-14-26(15-17-30)33(41-22-24-12-13-24)27-9-7-10-28(20-27)43-34(46)31-21-32(37(38,39)40)44-45(31)29-11-6-8-25(19-29)23-42-35(47)49-36(2,3)4/h6-11,14-17,19-21,24,33,41H,5,12-13,18,22-23H2,1-4H3,(H,42,47)(H,43,46). The zero-order valence-electron chi connectivity index (χ0n) is 28.1. The quantitative estimate of drug-likeness (QED) is 0.132. The maximum atomic E-state index is 13.9. The Morgan fingerprint density at radius 2 is 1.69 bits per heavy atom. The van der Waals surface area contributed by atoms with Crippen LogP contribution in [-0.2, 0) is 17.5 Å². The van der Waals surface area contributed by atoms with Gasteiger partial charge in [0, 0.05) is 18.3 Å². The Balaban J connectivity index is 1.38. The summed E-state index contributed by atoms with van der Waals surface area (Å²) in [5.41, 5.74) is 0.896. The number of ether oxygens (including phenoxy) is 2. The van der Waals surface area contributed by atoms with Crippen LogP contribution in [0.3, 0.4) is 0 Å². The lowest BCUT2D eigenvalue weighted by atomic mass is 9.97. The molecule has 1 fully saturated rings. The molecule has 5 rings (SSSR count). The van der Waals surface area contributed by atoms with Gasteiger partial charge in [0.2, 0.25) is 0 Å². The minimum atomic E-state index is -4.78. The summed E-state index contributed by atoms with van der Waals surface area (Å²) in [5, 5.41) is 12.8. The predicted octanol–water partition coefficient (Wildman–Crippen LogP) is 8.05. The Kier molecular flexibility index (Phi) is 11.0. The molecule has 1 saturated carbocycles. The van der Waals surface area contributed by atoms with Gasteiger partial charge in [-0.25, -0.2) is 9.48 Å². The van der Waals surface area contributed by atoms with E-state index in [-0.39, 0.29) is 24.0 Å². The third-order valence-corrected chi connectivity index (χ3v) is 7.69. The molecule has 12 heteroatoms. The second-order valence-corrected chi connectivity index (χ2v) is 13.1. The second-order valence-electron chi connectivity index (χ2n) is 13.1. The van der Waals surface area contributed by atoms with Gasteiger partial charge >= 0.3 is 12.3 Å². The summed E-state index contributed by atoms with van der Waals surface area (Å²) < 4.78 is 53.5. The fourth-order valence-corrected chi connectivity index (χ4v) is 5.17. The number of benzene rings is 3. The van der Waals surface area contributed by atoms with E-state index in [1.165, 1.54) is 18.9 Å². The highest BCUT2D eigenvalue weighted by Crippen LogP contribution is 2.32. The summed E-state index contributed by atoms with van der Waals surface area (Å²) in [5.74, 6) is 0.636. The van der Waals surface area contributed by atoms with Crippen LogP contribution in [0.4, 0.5) is 23.7 Å². The summed E-state index contributed by atoms with van der Waals surface area (Å²) in [6, 6.07) is 22.1. The lowest BCUT2D eigenvalue weighted by Gasteiger charge is -2.21. The zero-order chi connectivity index (χ0) is 35.2. The number of nitrogens with zero attached hydrogens (tertiary/aromatic N) is 2. The summed E-state index contributed by atoms with van der Waals surface area (Å²) in [7, 11) is 0. The molecule has 1 aromatic heterocycles. The fraction of sp³-hybridized carbons (Fsp3) is 0.378. The number of hydrogen-bond donors (Lipinski definition) is 3. The Morgan fingerprint density at radius 1 is 0.959 bits per heavy atom. The smallest absolute Gasteiger partial charge is 0.435 e. The van der Waals surface area contributed by atoms with E-state index in [4.69, 9.17) is 9.47 Å². The summed E-state index contributed by atoms with van der Waals surface area (Å²) >= 11 is 0. The SMILES string of the molecule is CCCOc1ccc(C(NCC2CC2)c2cccc(NC(=O)c3cc(C(F)(F)F)nn3-c3cccc(CNC(=O)OC(C)(C)C)c3)c2)cc1. The molecule has 49 heavy (non-hydrogen) atoms. The van der Waals surface area contributed by atoms with Gasteiger partial charge < -0.3 is 25.4 Å². The molecule has 0 spiro atoms. The minimum Gasteiger partial charge on any atom is -0.494 e. The van der Waals surface area contributed by atoms with Crippen molar-refractivity contribution in [3.05, 3.63) is 107 Å². The van der Waals surface area contributed by atoms with Crippen molar-refractivity contribution in [1.82, 2.24) is 20.4 Å². The van der Waals surface area contributed by atoms with Crippen LogP contribution in [-0.4, -0.2) is 40.5 Å². The number of amides is 2. The van der Waals surface area contributed by atoms with Crippen molar-refractivity contribution in [3.8, 4) is 11.4 Å². The Bertz CT molecular complexity index is 1740. The number of carbonyl (C=O) groups excluding carboxylic acids is 2. The van der Waals surface area contributed by atoms with Crippen LogP contribution in [0.5, 0.6) is 5.75 Å². The van der Waals surface area contributed by atoms with E-state index in [2.05, 4.69) is 21.0 Å². The molecule has 1 unspecified atom stereocenters. The second kappa shape index (κ2) is 15.1. The molecule has 0 radical (unpaired) electrons. The number of hydrogen-bond acceptors (Lipinski definition) is 6. The summed E-state index contributed by atoms with van der Waals surface area (Å²) in [6.45, 7) is 8.77. The predicted molar refractivity (Wildman–Crippen MR) is 181 cm³/mol. The average molecular weight is 678 g/mol. The fourth-order valence-electron chi connectivity index (χ4n) is 5.17. The van der Waals surface area contributed by atoms with E-state index in [9.17, 15) is 22.8 Å². The molecule has 3 aromatic carbocycles. The third-order valence-electron chi connectivity index (χ3n) is 7.69. The van der Waals surface area contributed by atoms with Gasteiger partial charge in [-0.2, -0.15) is 18.3 Å². The highest BCUT2D eigenvalue weighted by atomic mass is 19.4. The normalized spacial score (nSPS) is 13.9. The number of rotatable bonds is 13. The lowest BCUT2D eigenvalue weighted by Crippen LogP contribution is -2.32. The first-order chi connectivity index (χ1) is 23.3. The molecule has 4 aromatic rings. The molecule has 1 aliphatic carbocycles. The molecule has 1 aliphatic rings. The van der Waals surface area contributed by atoms with Crippen molar-refractivity contribution >= 4 is 17.7 Å². The average Bonchev–Trinajstić information content (AvgIpc) is 3.76. The third kappa shape index (κ3) is 10.1. The van der Waals surface area contributed by atoms with Crippen molar-refractivity contribution in [2.45, 2.75) is 71.3 Å². The number of alkyl halides is 3. The van der Waals surface area contributed by atoms with E-state index < -0.39 is 29.5 Å². The van der Waals surface area contributed by atoms with E-state index in [1.54, 1.807) is 51.1 Å². The van der Waals surface area contributed by atoms with Gasteiger partial charge in [0.1, 0.15) is 17.0 Å². The number of anilines is 1. The van der Waals surface area contributed by atoms with Crippen molar-refractivity contribution in [1.29, 1.82) is 0 Å². The minimum absolute atomic E-state index is 0.0505. The van der Waals surface area contributed by atoms with Crippen LogP contribution >= 0.6 is 0 Å². The molecule has 0 saturated heterocycles. The lowest BCUT2D eigenvalue weighted by molar-refractivity contribution is -0.141. The molecular formula is C37H42F3N5O4. The number of halogens is 3. The van der Waals surface area contributed by atoms with E-state index in [0.717, 1.165) is 40.6 Å². The van der Waals surface area contributed by atoms with Gasteiger partial charge in [-0.3, -0.25) is 4.79 Å². The van der Waals surface area contributed by atoms with E-state index >= 15 is 0 Å². The van der Waals surface area contributed by atoms with Gasteiger partial charge in [0.25, 0.3) is 5.91 Å². The van der Waals surface area contributed by atoms with Crippen molar-refractivity contribution in [2.24, 2.45) is 5.92 Å². The number of nitrogens with one attached hydrogen (secondary N) is 3. The van der Waals surface area contributed by atoms with E-state index in [0.29, 0.717) is 23.8 Å². The van der Waals surface area contributed by atoms with Crippen LogP contribution in [0.15, 0.2) is 78.9 Å². The first kappa shape index (κ1) is 35.5. The van der Waals surface area contributed by atoms with Crippen LogP contribution in [0, 0.1) is 5.92 Å².